The van der Waals surface area contributed by atoms with Crippen molar-refractivity contribution in [3.63, 3.8) is 0 Å². The Kier molecular flexibility index (Phi) is 66.2. The highest BCUT2D eigenvalue weighted by Crippen LogP contribution is 2.17. The third-order valence-electron chi connectivity index (χ3n) is 15.0. The Morgan fingerprint density at radius 1 is 0.256 bits per heavy atom. The van der Waals surface area contributed by atoms with Crippen LogP contribution in [0.15, 0.2) is 109 Å². The van der Waals surface area contributed by atoms with Gasteiger partial charge in [-0.1, -0.05) is 304 Å². The van der Waals surface area contributed by atoms with E-state index in [9.17, 15) is 14.4 Å². The molecule has 0 amide bonds. The number of carbonyl (C=O) groups excluding carboxylic acids is 3. The van der Waals surface area contributed by atoms with E-state index in [0.717, 1.165) is 135 Å². The number of rotatable bonds is 63. The van der Waals surface area contributed by atoms with Gasteiger partial charge in [0.1, 0.15) is 13.2 Å². The van der Waals surface area contributed by atoms with Crippen molar-refractivity contribution in [1.82, 2.24) is 0 Å². The molecule has 0 saturated heterocycles. The van der Waals surface area contributed by atoms with Gasteiger partial charge in [-0.05, 0) is 122 Å². The molecule has 6 heteroatoms. The standard InChI is InChI=1S/C76H130O6/c1-4-7-10-13-16-19-22-25-28-30-31-32-33-34-35-36-37-38-39-40-41-42-43-44-45-47-48-51-54-57-60-63-66-69-75(78)81-72-73(71-80-74(77)68-65-62-59-56-53-50-27-24-21-18-15-12-9-6-3)82-76(79)70-67-64-61-58-55-52-49-46-29-26-23-20-17-14-11-8-5-2/h8,11,15,17-18,20,22,24-27,29-31,33-34,49,52,73H,4-7,9-10,12-14,16,19,21,23,28,32,35-48,50-51,53-72H2,1-3H3/b11-8-,18-15-,20-17-,25-22-,27-24-,29-26-,31-30-,34-33-,52-49-. The van der Waals surface area contributed by atoms with Crippen molar-refractivity contribution >= 4 is 17.9 Å². The van der Waals surface area contributed by atoms with Gasteiger partial charge in [0.15, 0.2) is 6.10 Å². The van der Waals surface area contributed by atoms with Crippen LogP contribution in [0.4, 0.5) is 0 Å². The largest absolute Gasteiger partial charge is 0.462 e. The number of ether oxygens (including phenoxy) is 3. The van der Waals surface area contributed by atoms with Crippen molar-refractivity contribution in [2.45, 2.75) is 341 Å². The van der Waals surface area contributed by atoms with Gasteiger partial charge in [0.05, 0.1) is 0 Å². The second-order valence-electron chi connectivity index (χ2n) is 23.1. The lowest BCUT2D eigenvalue weighted by atomic mass is 10.0. The molecule has 0 heterocycles. The van der Waals surface area contributed by atoms with E-state index in [1.165, 1.54) is 161 Å². The van der Waals surface area contributed by atoms with E-state index in [-0.39, 0.29) is 31.1 Å². The summed E-state index contributed by atoms with van der Waals surface area (Å²) in [4.78, 5) is 38.4. The van der Waals surface area contributed by atoms with Gasteiger partial charge >= 0.3 is 17.9 Å². The first-order valence-electron chi connectivity index (χ1n) is 34.9. The van der Waals surface area contributed by atoms with Crippen LogP contribution in [0.25, 0.3) is 0 Å². The highest BCUT2D eigenvalue weighted by atomic mass is 16.6. The maximum atomic E-state index is 12.9. The summed E-state index contributed by atoms with van der Waals surface area (Å²) in [6, 6.07) is 0. The summed E-state index contributed by atoms with van der Waals surface area (Å²) in [7, 11) is 0. The molecule has 0 N–H and O–H groups in total. The average Bonchev–Trinajstić information content (AvgIpc) is 3.48. The summed E-state index contributed by atoms with van der Waals surface area (Å²) >= 11 is 0. The molecule has 0 aromatic rings. The molecule has 1 unspecified atom stereocenters. The Morgan fingerprint density at radius 2 is 0.488 bits per heavy atom. The van der Waals surface area contributed by atoms with Gasteiger partial charge in [-0.2, -0.15) is 0 Å². The fraction of sp³-hybridized carbons (Fsp3) is 0.724. The minimum absolute atomic E-state index is 0.0914. The molecule has 0 fully saturated rings. The van der Waals surface area contributed by atoms with Crippen LogP contribution in [-0.2, 0) is 28.6 Å². The van der Waals surface area contributed by atoms with Gasteiger partial charge < -0.3 is 14.2 Å². The van der Waals surface area contributed by atoms with Crippen LogP contribution in [0.2, 0.25) is 0 Å². The van der Waals surface area contributed by atoms with Crippen LogP contribution in [0.1, 0.15) is 335 Å². The Labute approximate surface area is 508 Å². The number of allylic oxidation sites excluding steroid dienone is 18. The summed E-state index contributed by atoms with van der Waals surface area (Å²) in [5.41, 5.74) is 0. The van der Waals surface area contributed by atoms with Crippen LogP contribution >= 0.6 is 0 Å². The molecule has 1 atom stereocenters. The van der Waals surface area contributed by atoms with E-state index >= 15 is 0 Å². The fourth-order valence-corrected chi connectivity index (χ4v) is 9.75. The minimum atomic E-state index is -0.799. The molecule has 0 saturated carbocycles. The second kappa shape index (κ2) is 69.6. The zero-order valence-electron chi connectivity index (χ0n) is 54.0. The zero-order chi connectivity index (χ0) is 59.2. The average molecular weight is 1140 g/mol. The normalized spacial score (nSPS) is 12.8. The summed E-state index contributed by atoms with van der Waals surface area (Å²) in [5.74, 6) is -0.919. The van der Waals surface area contributed by atoms with Crippen LogP contribution in [0, 0.1) is 0 Å². The topological polar surface area (TPSA) is 78.9 Å². The van der Waals surface area contributed by atoms with E-state index in [0.29, 0.717) is 19.3 Å². The molecule has 0 aromatic carbocycles. The van der Waals surface area contributed by atoms with E-state index in [4.69, 9.17) is 14.2 Å². The van der Waals surface area contributed by atoms with Crippen LogP contribution in [0.5, 0.6) is 0 Å². The third kappa shape index (κ3) is 66.9. The molecule has 0 aromatic heterocycles. The van der Waals surface area contributed by atoms with Crippen molar-refractivity contribution in [2.24, 2.45) is 0 Å². The molecule has 82 heavy (non-hydrogen) atoms. The first kappa shape index (κ1) is 78.1. The number of esters is 3. The maximum Gasteiger partial charge on any atom is 0.306 e. The Morgan fingerprint density at radius 3 is 0.780 bits per heavy atom. The Balaban J connectivity index is 4.21. The van der Waals surface area contributed by atoms with E-state index in [1.807, 2.05) is 0 Å². The van der Waals surface area contributed by atoms with Gasteiger partial charge in [-0.25, -0.2) is 0 Å². The quantitative estimate of drug-likeness (QED) is 0.0261. The number of hydrogen-bond donors (Lipinski definition) is 0. The Bertz CT molecular complexity index is 1640. The molecule has 0 rings (SSSR count). The van der Waals surface area contributed by atoms with E-state index < -0.39 is 6.10 Å². The Hall–Kier alpha value is -3.93. The van der Waals surface area contributed by atoms with Gasteiger partial charge in [0, 0.05) is 19.3 Å². The van der Waals surface area contributed by atoms with Crippen LogP contribution in [0.3, 0.4) is 0 Å². The van der Waals surface area contributed by atoms with Crippen molar-refractivity contribution in [1.29, 1.82) is 0 Å². The van der Waals surface area contributed by atoms with E-state index in [1.54, 1.807) is 0 Å². The van der Waals surface area contributed by atoms with Crippen molar-refractivity contribution < 1.29 is 28.6 Å². The van der Waals surface area contributed by atoms with Crippen LogP contribution in [-0.4, -0.2) is 37.2 Å². The molecule has 0 aliphatic heterocycles. The zero-order valence-corrected chi connectivity index (χ0v) is 54.0. The third-order valence-corrected chi connectivity index (χ3v) is 15.0. The van der Waals surface area contributed by atoms with Crippen LogP contribution < -0.4 is 0 Å². The summed E-state index contributed by atoms with van der Waals surface area (Å²) < 4.78 is 16.9. The molecule has 0 aliphatic carbocycles. The SMILES string of the molecule is CC/C=C\C/C=C\C/C=C\C/C=C\CCCCCCC(=O)OC(COC(=O)CCCCCCC/C=C\C/C=C\CCCC)COC(=O)CCCCCCCCCCCCCCCCCCCC/C=C\C/C=C\C/C=C\CCCCCCC. The molecular weight excluding hydrogens is 1010 g/mol. The fourth-order valence-electron chi connectivity index (χ4n) is 9.75. The van der Waals surface area contributed by atoms with Gasteiger partial charge in [-0.15, -0.1) is 0 Å². The minimum Gasteiger partial charge on any atom is -0.462 e. The summed E-state index contributed by atoms with van der Waals surface area (Å²) in [6.07, 6.45) is 95.5. The molecule has 0 radical (unpaired) electrons. The smallest absolute Gasteiger partial charge is 0.306 e. The predicted molar refractivity (Wildman–Crippen MR) is 357 cm³/mol. The van der Waals surface area contributed by atoms with Gasteiger partial charge in [0.25, 0.3) is 0 Å². The second-order valence-corrected chi connectivity index (χ2v) is 23.1. The molecule has 0 spiro atoms. The summed E-state index contributed by atoms with van der Waals surface area (Å²) in [5, 5.41) is 0. The lowest BCUT2D eigenvalue weighted by Crippen LogP contribution is -2.30. The molecular formula is C76H130O6. The van der Waals surface area contributed by atoms with Crippen molar-refractivity contribution in [2.75, 3.05) is 13.2 Å². The maximum absolute atomic E-state index is 12.9. The molecule has 470 valence electrons. The highest BCUT2D eigenvalue weighted by Gasteiger charge is 2.19. The first-order valence-corrected chi connectivity index (χ1v) is 34.9. The monoisotopic (exact) mass is 1140 g/mol. The first-order chi connectivity index (χ1) is 40.5. The lowest BCUT2D eigenvalue weighted by molar-refractivity contribution is -0.167. The summed E-state index contributed by atoms with van der Waals surface area (Å²) in [6.45, 7) is 6.47. The van der Waals surface area contributed by atoms with E-state index in [2.05, 4.69) is 130 Å². The van der Waals surface area contributed by atoms with Gasteiger partial charge in [-0.3, -0.25) is 14.4 Å². The van der Waals surface area contributed by atoms with Gasteiger partial charge in [0.2, 0.25) is 0 Å². The molecule has 0 bridgehead atoms. The predicted octanol–water partition coefficient (Wildman–Crippen LogP) is 24.2. The molecule has 0 aliphatic rings. The van der Waals surface area contributed by atoms with Crippen molar-refractivity contribution in [3.05, 3.63) is 109 Å². The number of hydrogen-bond acceptors (Lipinski definition) is 6. The number of unbranched alkanes of at least 4 members (excludes halogenated alkanes) is 34. The number of carbonyl (C=O) groups is 3. The molecule has 6 nitrogen and oxygen atoms in total. The van der Waals surface area contributed by atoms with Crippen molar-refractivity contribution in [3.8, 4) is 0 Å². The lowest BCUT2D eigenvalue weighted by Gasteiger charge is -2.18. The highest BCUT2D eigenvalue weighted by molar-refractivity contribution is 5.71.